The van der Waals surface area contributed by atoms with Gasteiger partial charge < -0.3 is 14.6 Å². The van der Waals surface area contributed by atoms with Crippen molar-refractivity contribution in [2.24, 2.45) is 0 Å². The molecule has 0 saturated heterocycles. The van der Waals surface area contributed by atoms with Crippen LogP contribution in [-0.4, -0.2) is 24.0 Å². The molecule has 4 nitrogen and oxygen atoms in total. The molecule has 0 unspecified atom stereocenters. The minimum Gasteiger partial charge on any atom is -0.490 e. The van der Waals surface area contributed by atoms with Gasteiger partial charge in [0.05, 0.1) is 6.61 Å². The Morgan fingerprint density at radius 3 is 2.59 bits per heavy atom. The van der Waals surface area contributed by atoms with Crippen molar-refractivity contribution in [3.8, 4) is 11.5 Å². The first-order valence-electron chi connectivity index (χ1n) is 6.75. The van der Waals surface area contributed by atoms with Crippen LogP contribution in [0.3, 0.4) is 0 Å². The van der Waals surface area contributed by atoms with Crippen LogP contribution in [0.5, 0.6) is 11.5 Å². The summed E-state index contributed by atoms with van der Waals surface area (Å²) in [5.74, 6) is -1.71. The highest BCUT2D eigenvalue weighted by Crippen LogP contribution is 2.33. The minimum atomic E-state index is -4.85. The lowest BCUT2D eigenvalue weighted by Crippen LogP contribution is -2.18. The van der Waals surface area contributed by atoms with Crippen molar-refractivity contribution in [2.75, 3.05) is 6.61 Å². The van der Waals surface area contributed by atoms with Crippen LogP contribution in [0.25, 0.3) is 6.08 Å². The Morgan fingerprint density at radius 2 is 2.00 bits per heavy atom. The number of alkyl halides is 3. The van der Waals surface area contributed by atoms with Crippen molar-refractivity contribution in [1.82, 2.24) is 0 Å². The van der Waals surface area contributed by atoms with Gasteiger partial charge in [0, 0.05) is 6.08 Å². The molecule has 0 saturated carbocycles. The van der Waals surface area contributed by atoms with Crippen LogP contribution in [0, 0.1) is 0 Å². The van der Waals surface area contributed by atoms with Crippen molar-refractivity contribution in [3.05, 3.63) is 29.8 Å². The highest BCUT2D eigenvalue weighted by Gasteiger charge is 2.32. The maximum Gasteiger partial charge on any atom is 0.573 e. The maximum absolute atomic E-state index is 12.4. The van der Waals surface area contributed by atoms with E-state index >= 15 is 0 Å². The maximum atomic E-state index is 12.4. The molecule has 0 aromatic heterocycles. The van der Waals surface area contributed by atoms with E-state index in [1.54, 1.807) is 0 Å². The second-order valence-electron chi connectivity index (χ2n) is 4.48. The number of carboxylic acid groups (broad SMARTS) is 1. The van der Waals surface area contributed by atoms with E-state index in [1.807, 2.05) is 6.92 Å². The first kappa shape index (κ1) is 17.9. The quantitative estimate of drug-likeness (QED) is 0.575. The van der Waals surface area contributed by atoms with E-state index < -0.39 is 18.1 Å². The average molecular weight is 318 g/mol. The van der Waals surface area contributed by atoms with Crippen LogP contribution in [0.15, 0.2) is 24.3 Å². The summed E-state index contributed by atoms with van der Waals surface area (Å²) in [4.78, 5) is 10.4. The largest absolute Gasteiger partial charge is 0.573 e. The van der Waals surface area contributed by atoms with Gasteiger partial charge in [-0.25, -0.2) is 4.79 Å². The normalized spacial score (nSPS) is 11.6. The smallest absolute Gasteiger partial charge is 0.490 e. The lowest BCUT2D eigenvalue weighted by molar-refractivity contribution is -0.275. The number of rotatable bonds is 8. The zero-order chi connectivity index (χ0) is 16.6. The molecule has 0 bridgehead atoms. The molecular formula is C15H17F3O4. The molecule has 1 aromatic rings. The Balaban J connectivity index is 2.91. The van der Waals surface area contributed by atoms with Crippen molar-refractivity contribution in [1.29, 1.82) is 0 Å². The van der Waals surface area contributed by atoms with Gasteiger partial charge in [0.2, 0.25) is 0 Å². The Bertz CT molecular complexity index is 524. The third-order valence-corrected chi connectivity index (χ3v) is 2.62. The molecule has 0 heterocycles. The second kappa shape index (κ2) is 8.31. The molecule has 0 amide bonds. The summed E-state index contributed by atoms with van der Waals surface area (Å²) >= 11 is 0. The summed E-state index contributed by atoms with van der Waals surface area (Å²) in [5.41, 5.74) is 0.266. The predicted molar refractivity (Wildman–Crippen MR) is 74.8 cm³/mol. The Morgan fingerprint density at radius 1 is 1.27 bits per heavy atom. The van der Waals surface area contributed by atoms with Gasteiger partial charge in [0.1, 0.15) is 0 Å². The molecule has 1 N–H and O–H groups in total. The van der Waals surface area contributed by atoms with Gasteiger partial charge in [-0.05, 0) is 30.2 Å². The Kier molecular flexibility index (Phi) is 6.75. The van der Waals surface area contributed by atoms with E-state index in [9.17, 15) is 18.0 Å². The lowest BCUT2D eigenvalue weighted by Gasteiger charge is -2.14. The van der Waals surface area contributed by atoms with E-state index in [1.165, 1.54) is 18.2 Å². The van der Waals surface area contributed by atoms with Crippen LogP contribution in [-0.2, 0) is 4.79 Å². The van der Waals surface area contributed by atoms with Crippen LogP contribution >= 0.6 is 0 Å². The van der Waals surface area contributed by atoms with Gasteiger partial charge in [-0.1, -0.05) is 25.8 Å². The summed E-state index contributed by atoms with van der Waals surface area (Å²) in [5, 5.41) is 8.53. The van der Waals surface area contributed by atoms with Crippen molar-refractivity contribution in [3.63, 3.8) is 0 Å². The average Bonchev–Trinajstić information content (AvgIpc) is 2.41. The number of hydrogen-bond donors (Lipinski definition) is 1. The molecule has 0 aliphatic heterocycles. The monoisotopic (exact) mass is 318 g/mol. The topological polar surface area (TPSA) is 55.8 Å². The number of hydrogen-bond acceptors (Lipinski definition) is 3. The molecule has 0 spiro atoms. The summed E-state index contributed by atoms with van der Waals surface area (Å²) in [6.45, 7) is 2.29. The summed E-state index contributed by atoms with van der Waals surface area (Å²) < 4.78 is 46.5. The molecule has 1 aromatic carbocycles. The molecule has 0 aliphatic rings. The van der Waals surface area contributed by atoms with Gasteiger partial charge in [-0.2, -0.15) is 0 Å². The molecule has 0 fully saturated rings. The van der Waals surface area contributed by atoms with Gasteiger partial charge in [0.25, 0.3) is 0 Å². The number of halogens is 3. The number of carbonyl (C=O) groups is 1. The van der Waals surface area contributed by atoms with Crippen molar-refractivity contribution in [2.45, 2.75) is 32.5 Å². The van der Waals surface area contributed by atoms with Crippen molar-refractivity contribution < 1.29 is 32.5 Å². The van der Waals surface area contributed by atoms with E-state index in [0.29, 0.717) is 0 Å². The van der Waals surface area contributed by atoms with Gasteiger partial charge in [0.15, 0.2) is 11.5 Å². The molecule has 1 rings (SSSR count). The number of aliphatic carboxylic acids is 1. The molecule has 7 heteroatoms. The van der Waals surface area contributed by atoms with E-state index in [2.05, 4.69) is 4.74 Å². The van der Waals surface area contributed by atoms with E-state index in [4.69, 9.17) is 9.84 Å². The first-order chi connectivity index (χ1) is 10.3. The zero-order valence-electron chi connectivity index (χ0n) is 12.0. The molecule has 0 radical (unpaired) electrons. The van der Waals surface area contributed by atoms with Crippen LogP contribution in [0.1, 0.15) is 31.7 Å². The standard InChI is InChI=1S/C15H17F3O4/c1-2-3-4-9-21-12-7-5-11(6-8-14(19)20)10-13(12)22-15(16,17)18/h5-8,10H,2-4,9H2,1H3,(H,19,20)/b8-6+. The fourth-order valence-electron chi connectivity index (χ4n) is 1.65. The minimum absolute atomic E-state index is 0.0269. The summed E-state index contributed by atoms with van der Waals surface area (Å²) in [7, 11) is 0. The SMILES string of the molecule is CCCCCOc1ccc(/C=C/C(=O)O)cc1OC(F)(F)F. The number of unbranched alkanes of at least 4 members (excludes halogenated alkanes) is 2. The molecular weight excluding hydrogens is 301 g/mol. The van der Waals surface area contributed by atoms with Crippen LogP contribution in [0.4, 0.5) is 13.2 Å². The van der Waals surface area contributed by atoms with Crippen LogP contribution < -0.4 is 9.47 Å². The Hall–Kier alpha value is -2.18. The van der Waals surface area contributed by atoms with E-state index in [-0.39, 0.29) is 17.9 Å². The molecule has 22 heavy (non-hydrogen) atoms. The van der Waals surface area contributed by atoms with Crippen molar-refractivity contribution >= 4 is 12.0 Å². The molecule has 122 valence electrons. The van der Waals surface area contributed by atoms with E-state index in [0.717, 1.165) is 31.4 Å². The number of carboxylic acids is 1. The highest BCUT2D eigenvalue weighted by atomic mass is 19.4. The lowest BCUT2D eigenvalue weighted by atomic mass is 10.2. The third kappa shape index (κ3) is 7.01. The van der Waals surface area contributed by atoms with Gasteiger partial charge in [-0.3, -0.25) is 0 Å². The second-order valence-corrected chi connectivity index (χ2v) is 4.48. The molecule has 0 aliphatic carbocycles. The zero-order valence-corrected chi connectivity index (χ0v) is 12.0. The number of benzene rings is 1. The summed E-state index contributed by atoms with van der Waals surface area (Å²) in [6, 6.07) is 3.87. The Labute approximate surface area is 126 Å². The van der Waals surface area contributed by atoms with Gasteiger partial charge >= 0.3 is 12.3 Å². The fraction of sp³-hybridized carbons (Fsp3) is 0.400. The first-order valence-corrected chi connectivity index (χ1v) is 6.75. The van der Waals surface area contributed by atoms with Gasteiger partial charge in [-0.15, -0.1) is 13.2 Å². The number of ether oxygens (including phenoxy) is 2. The van der Waals surface area contributed by atoms with Crippen LogP contribution in [0.2, 0.25) is 0 Å². The third-order valence-electron chi connectivity index (χ3n) is 2.62. The fourth-order valence-corrected chi connectivity index (χ4v) is 1.65. The highest BCUT2D eigenvalue weighted by molar-refractivity contribution is 5.85. The molecule has 0 atom stereocenters. The predicted octanol–water partition coefficient (Wildman–Crippen LogP) is 4.25. The summed E-state index contributed by atoms with van der Waals surface area (Å²) in [6.07, 6.45) is -0.247.